The van der Waals surface area contributed by atoms with E-state index >= 15 is 0 Å². The van der Waals surface area contributed by atoms with Gasteiger partial charge in [0.1, 0.15) is 0 Å². The van der Waals surface area contributed by atoms with E-state index in [1.807, 2.05) is 61.5 Å². The topological polar surface area (TPSA) is 46.9 Å². The van der Waals surface area contributed by atoms with Crippen molar-refractivity contribution in [2.75, 3.05) is 0 Å². The van der Waals surface area contributed by atoms with Gasteiger partial charge >= 0.3 is 0 Å². The minimum Gasteiger partial charge on any atom is -0.348 e. The number of aryl methyl sites for hydroxylation is 1. The molecule has 1 aromatic heterocycles. The summed E-state index contributed by atoms with van der Waals surface area (Å²) < 4.78 is 1.77. The minimum atomic E-state index is -0.107. The van der Waals surface area contributed by atoms with Crippen LogP contribution >= 0.6 is 0 Å². The monoisotopic (exact) mass is 305 g/mol. The number of hydrogen-bond donors (Lipinski definition) is 1. The van der Waals surface area contributed by atoms with Crippen molar-refractivity contribution in [1.82, 2.24) is 15.1 Å². The quantitative estimate of drug-likeness (QED) is 0.787. The van der Waals surface area contributed by atoms with Crippen LogP contribution in [0.25, 0.3) is 0 Å². The lowest BCUT2D eigenvalue weighted by atomic mass is 10.1. The van der Waals surface area contributed by atoms with Crippen molar-refractivity contribution in [3.8, 4) is 0 Å². The van der Waals surface area contributed by atoms with E-state index in [1.165, 1.54) is 5.56 Å². The lowest BCUT2D eigenvalue weighted by Crippen LogP contribution is -2.22. The van der Waals surface area contributed by atoms with Gasteiger partial charge in [0.05, 0.1) is 18.3 Å². The highest BCUT2D eigenvalue weighted by Gasteiger charge is 2.08. The van der Waals surface area contributed by atoms with Gasteiger partial charge < -0.3 is 5.32 Å². The molecule has 1 amide bonds. The lowest BCUT2D eigenvalue weighted by Gasteiger charge is -2.04. The molecule has 2 aromatic carbocycles. The van der Waals surface area contributed by atoms with Crippen molar-refractivity contribution < 1.29 is 4.79 Å². The number of rotatable bonds is 5. The number of carbonyl (C=O) groups is 1. The molecule has 116 valence electrons. The number of hydrogen-bond acceptors (Lipinski definition) is 2. The van der Waals surface area contributed by atoms with E-state index in [-0.39, 0.29) is 5.91 Å². The Balaban J connectivity index is 1.59. The molecule has 0 spiro atoms. The second kappa shape index (κ2) is 6.92. The maximum atomic E-state index is 12.2. The van der Waals surface area contributed by atoms with Crippen LogP contribution in [0, 0.1) is 6.92 Å². The van der Waals surface area contributed by atoms with Crippen LogP contribution in [0.5, 0.6) is 0 Å². The number of benzene rings is 2. The van der Waals surface area contributed by atoms with E-state index in [0.29, 0.717) is 18.7 Å². The van der Waals surface area contributed by atoms with E-state index in [4.69, 9.17) is 0 Å². The van der Waals surface area contributed by atoms with Gasteiger partial charge in [0.25, 0.3) is 5.91 Å². The summed E-state index contributed by atoms with van der Waals surface area (Å²) in [6.45, 7) is 3.22. The number of nitrogens with one attached hydrogen (secondary N) is 1. The molecule has 0 aliphatic heterocycles. The van der Waals surface area contributed by atoms with E-state index in [9.17, 15) is 4.79 Å². The third-order valence-electron chi connectivity index (χ3n) is 3.66. The zero-order valence-electron chi connectivity index (χ0n) is 13.1. The zero-order chi connectivity index (χ0) is 16.1. The van der Waals surface area contributed by atoms with Crippen LogP contribution in [0.1, 0.15) is 27.0 Å². The van der Waals surface area contributed by atoms with Gasteiger partial charge in [-0.2, -0.15) is 5.10 Å². The first-order valence-corrected chi connectivity index (χ1v) is 7.61. The van der Waals surface area contributed by atoms with E-state index < -0.39 is 0 Å². The highest BCUT2D eigenvalue weighted by Crippen LogP contribution is 2.06. The molecule has 0 saturated heterocycles. The summed E-state index contributed by atoms with van der Waals surface area (Å²) in [7, 11) is 0. The van der Waals surface area contributed by atoms with E-state index in [0.717, 1.165) is 11.1 Å². The van der Waals surface area contributed by atoms with E-state index in [1.54, 1.807) is 17.1 Å². The Hall–Kier alpha value is -2.88. The third-order valence-corrected chi connectivity index (χ3v) is 3.66. The van der Waals surface area contributed by atoms with Crippen LogP contribution in [0.4, 0.5) is 0 Å². The maximum absolute atomic E-state index is 12.2. The van der Waals surface area contributed by atoms with Crippen molar-refractivity contribution in [3.05, 3.63) is 89.2 Å². The fraction of sp³-hybridized carbons (Fsp3) is 0.158. The summed E-state index contributed by atoms with van der Waals surface area (Å²) in [6.07, 6.45) is 3.38. The molecule has 0 unspecified atom stereocenters. The fourth-order valence-corrected chi connectivity index (χ4v) is 2.33. The Labute approximate surface area is 135 Å². The Morgan fingerprint density at radius 3 is 2.52 bits per heavy atom. The van der Waals surface area contributed by atoms with Crippen LogP contribution in [0.15, 0.2) is 67.0 Å². The van der Waals surface area contributed by atoms with Gasteiger partial charge in [-0.3, -0.25) is 9.48 Å². The first-order chi connectivity index (χ1) is 11.2. The minimum absolute atomic E-state index is 0.107. The first-order valence-electron chi connectivity index (χ1n) is 7.61. The largest absolute Gasteiger partial charge is 0.348 e. The molecule has 4 heteroatoms. The van der Waals surface area contributed by atoms with Crippen molar-refractivity contribution >= 4 is 5.91 Å². The van der Waals surface area contributed by atoms with Gasteiger partial charge in [-0.25, -0.2) is 0 Å². The molecule has 0 radical (unpaired) electrons. The predicted octanol–water partition coefficient (Wildman–Crippen LogP) is 3.17. The molecule has 0 aliphatic rings. The normalized spacial score (nSPS) is 10.5. The molecule has 1 N–H and O–H groups in total. The highest BCUT2D eigenvalue weighted by atomic mass is 16.1. The molecule has 23 heavy (non-hydrogen) atoms. The smallest absolute Gasteiger partial charge is 0.254 e. The van der Waals surface area contributed by atoms with Crippen LogP contribution in [-0.2, 0) is 13.1 Å². The van der Waals surface area contributed by atoms with Gasteiger partial charge in [-0.1, -0.05) is 60.2 Å². The first kappa shape index (κ1) is 15.0. The molecule has 3 rings (SSSR count). The van der Waals surface area contributed by atoms with Crippen LogP contribution in [0.2, 0.25) is 0 Å². The lowest BCUT2D eigenvalue weighted by molar-refractivity contribution is 0.0951. The summed E-state index contributed by atoms with van der Waals surface area (Å²) in [4.78, 5) is 12.2. The Morgan fingerprint density at radius 1 is 1.04 bits per heavy atom. The standard InChI is InChI=1S/C19H19N3O/c1-15-7-9-16(10-8-15)11-20-19(23)18-12-21-22(14-18)13-17-5-3-2-4-6-17/h2-10,12,14H,11,13H2,1H3,(H,20,23). The number of nitrogens with zero attached hydrogens (tertiary/aromatic N) is 2. The molecule has 0 fully saturated rings. The molecule has 1 heterocycles. The second-order valence-corrected chi connectivity index (χ2v) is 5.58. The van der Waals surface area contributed by atoms with Crippen molar-refractivity contribution in [1.29, 1.82) is 0 Å². The Bertz CT molecular complexity index is 776. The summed E-state index contributed by atoms with van der Waals surface area (Å²) in [5.41, 5.74) is 4.03. The fourth-order valence-electron chi connectivity index (χ4n) is 2.33. The molecular weight excluding hydrogens is 286 g/mol. The van der Waals surface area contributed by atoms with Crippen LogP contribution in [-0.4, -0.2) is 15.7 Å². The molecule has 3 aromatic rings. The highest BCUT2D eigenvalue weighted by molar-refractivity contribution is 5.93. The average molecular weight is 305 g/mol. The van der Waals surface area contributed by atoms with Crippen molar-refractivity contribution in [2.45, 2.75) is 20.0 Å². The molecule has 0 atom stereocenters. The van der Waals surface area contributed by atoms with Crippen molar-refractivity contribution in [3.63, 3.8) is 0 Å². The Kier molecular flexibility index (Phi) is 4.52. The third kappa shape index (κ3) is 4.07. The molecule has 0 bridgehead atoms. The number of amides is 1. The second-order valence-electron chi connectivity index (χ2n) is 5.58. The summed E-state index contributed by atoms with van der Waals surface area (Å²) in [5.74, 6) is -0.107. The molecule has 0 aliphatic carbocycles. The summed E-state index contributed by atoms with van der Waals surface area (Å²) in [6, 6.07) is 18.2. The maximum Gasteiger partial charge on any atom is 0.254 e. The number of aromatic nitrogens is 2. The van der Waals surface area contributed by atoms with Crippen LogP contribution in [0.3, 0.4) is 0 Å². The SMILES string of the molecule is Cc1ccc(CNC(=O)c2cnn(Cc3ccccc3)c2)cc1. The van der Waals surface area contributed by atoms with Gasteiger partial charge in [-0.15, -0.1) is 0 Å². The molecule has 4 nitrogen and oxygen atoms in total. The molecular formula is C19H19N3O. The van der Waals surface area contributed by atoms with Gasteiger partial charge in [0.15, 0.2) is 0 Å². The number of carbonyl (C=O) groups excluding carboxylic acids is 1. The van der Waals surface area contributed by atoms with E-state index in [2.05, 4.69) is 10.4 Å². The predicted molar refractivity (Wildman–Crippen MR) is 90.1 cm³/mol. The van der Waals surface area contributed by atoms with Gasteiger partial charge in [-0.05, 0) is 18.1 Å². The Morgan fingerprint density at radius 2 is 1.78 bits per heavy atom. The van der Waals surface area contributed by atoms with Crippen molar-refractivity contribution in [2.24, 2.45) is 0 Å². The average Bonchev–Trinajstić information content (AvgIpc) is 3.03. The van der Waals surface area contributed by atoms with Crippen LogP contribution < -0.4 is 5.32 Å². The van der Waals surface area contributed by atoms with Gasteiger partial charge in [0.2, 0.25) is 0 Å². The summed E-state index contributed by atoms with van der Waals surface area (Å²) >= 11 is 0. The van der Waals surface area contributed by atoms with Gasteiger partial charge in [0, 0.05) is 12.7 Å². The summed E-state index contributed by atoms with van der Waals surface area (Å²) in [5, 5.41) is 7.17. The zero-order valence-corrected chi connectivity index (χ0v) is 13.1. The molecule has 0 saturated carbocycles.